The first-order valence-corrected chi connectivity index (χ1v) is 15.2. The number of hydrogen-bond donors (Lipinski definition) is 0. The van der Waals surface area contributed by atoms with Crippen molar-refractivity contribution in [3.05, 3.63) is 138 Å². The molecule has 3 aliphatic heterocycles. The lowest BCUT2D eigenvalue weighted by Crippen LogP contribution is -2.66. The van der Waals surface area contributed by atoms with Gasteiger partial charge in [0, 0.05) is 50.0 Å². The molecule has 16 heteroatoms. The first kappa shape index (κ1) is 29.7. The Bertz CT molecular complexity index is 1810. The van der Waals surface area contributed by atoms with Crippen LogP contribution in [0.3, 0.4) is 0 Å². The summed E-state index contributed by atoms with van der Waals surface area (Å²) in [5.41, 5.74) is -1.10. The minimum absolute atomic E-state index is 0.0647. The van der Waals surface area contributed by atoms with Crippen LogP contribution in [0.1, 0.15) is 34.6 Å². The van der Waals surface area contributed by atoms with Crippen LogP contribution in [0, 0.1) is 20.2 Å². The molecule has 0 bridgehead atoms. The molecule has 0 spiro atoms. The molecule has 46 heavy (non-hydrogen) atoms. The van der Waals surface area contributed by atoms with E-state index in [0.29, 0.717) is 23.4 Å². The zero-order valence-electron chi connectivity index (χ0n) is 24.1. The topological polar surface area (TPSA) is 160 Å². The Morgan fingerprint density at radius 2 is 1.48 bits per heavy atom. The number of pyridine rings is 2. The second-order valence-corrected chi connectivity index (χ2v) is 11.9. The number of rotatable bonds is 9. The third-order valence-corrected chi connectivity index (χ3v) is 9.05. The van der Waals surface area contributed by atoms with Crippen LogP contribution in [0.25, 0.3) is 0 Å². The quantitative estimate of drug-likeness (QED) is 0.134. The molecule has 7 heterocycles. The van der Waals surface area contributed by atoms with Crippen molar-refractivity contribution >= 4 is 29.0 Å². The maximum absolute atomic E-state index is 14.0. The van der Waals surface area contributed by atoms with E-state index >= 15 is 0 Å². The van der Waals surface area contributed by atoms with Crippen LogP contribution < -0.4 is 0 Å². The summed E-state index contributed by atoms with van der Waals surface area (Å²) >= 11 is 12.0. The number of amidine groups is 1. The fourth-order valence-electron chi connectivity index (χ4n) is 6.88. The van der Waals surface area contributed by atoms with Gasteiger partial charge in [-0.3, -0.25) is 25.2 Å². The van der Waals surface area contributed by atoms with Crippen molar-refractivity contribution in [3.8, 4) is 0 Å². The van der Waals surface area contributed by atoms with E-state index in [1.165, 1.54) is 18.6 Å². The van der Waals surface area contributed by atoms with Gasteiger partial charge in [-0.2, -0.15) is 0 Å². The molecule has 1 fully saturated rings. The average Bonchev–Trinajstić information content (AvgIpc) is 3.87. The Labute approximate surface area is 271 Å². The summed E-state index contributed by atoms with van der Waals surface area (Å²) in [6.07, 6.45) is 5.99. The lowest BCUT2D eigenvalue weighted by Gasteiger charge is -2.46. The lowest BCUT2D eigenvalue weighted by atomic mass is 9.69. The van der Waals surface area contributed by atoms with Crippen LogP contribution in [-0.4, -0.2) is 72.1 Å². The second-order valence-electron chi connectivity index (χ2n) is 11.1. The highest BCUT2D eigenvalue weighted by Gasteiger charge is 2.75. The van der Waals surface area contributed by atoms with Crippen LogP contribution in [0.15, 0.2) is 98.8 Å². The van der Waals surface area contributed by atoms with Gasteiger partial charge in [0.25, 0.3) is 0 Å². The SMILES string of the molecule is O=[N+]([O-])C1=C2N(Cc3ccc(Cl)nc3)CCN2[C@H](c2ccco2)[C@@](C2=NCCN2Cc2ccc(Cl)nc2)([N+](=O)[O-])[C@H]1c1ccco1. The van der Waals surface area contributed by atoms with E-state index in [-0.39, 0.29) is 55.1 Å². The number of fused-ring (bicyclic) bond motifs is 1. The average molecular weight is 665 g/mol. The Kier molecular flexibility index (Phi) is 7.61. The van der Waals surface area contributed by atoms with Gasteiger partial charge in [-0.25, -0.2) is 9.97 Å². The van der Waals surface area contributed by atoms with Crippen molar-refractivity contribution in [2.45, 2.75) is 30.6 Å². The maximum Gasteiger partial charge on any atom is 0.325 e. The Morgan fingerprint density at radius 3 is 2.02 bits per heavy atom. The molecule has 4 aromatic rings. The minimum atomic E-state index is -2.24. The highest BCUT2D eigenvalue weighted by molar-refractivity contribution is 6.29. The fourth-order valence-corrected chi connectivity index (χ4v) is 7.10. The summed E-state index contributed by atoms with van der Waals surface area (Å²) in [4.78, 5) is 44.6. The number of aromatic nitrogens is 2. The summed E-state index contributed by atoms with van der Waals surface area (Å²) in [7, 11) is 0. The van der Waals surface area contributed by atoms with E-state index < -0.39 is 27.3 Å². The van der Waals surface area contributed by atoms with Crippen molar-refractivity contribution in [1.29, 1.82) is 0 Å². The lowest BCUT2D eigenvalue weighted by molar-refractivity contribution is -0.573. The summed E-state index contributed by atoms with van der Waals surface area (Å²) < 4.78 is 11.8. The smallest absolute Gasteiger partial charge is 0.325 e. The standard InChI is InChI=1S/C30H26Cl2N8O6/c31-23-7-5-19(15-34-23)17-36-11-12-38-27(22-4-2-14-46-22)30(40(43)44,25(21-3-1-13-45-21)26(28(36)38)39(41)42)29-33-9-10-37(29)18-20-6-8-24(32)35-16-20/h1-8,13-16,25,27H,9-12,17-18H2/t25-,27+,30-/m0/s1. The third-order valence-electron chi connectivity index (χ3n) is 8.61. The molecule has 3 aliphatic rings. The maximum atomic E-state index is 14.0. The molecule has 0 aromatic carbocycles. The zero-order chi connectivity index (χ0) is 32.0. The Hall–Kier alpha value is -4.95. The first-order chi connectivity index (χ1) is 22.3. The van der Waals surface area contributed by atoms with E-state index in [9.17, 15) is 20.2 Å². The van der Waals surface area contributed by atoms with Crippen LogP contribution >= 0.6 is 23.2 Å². The highest BCUT2D eigenvalue weighted by atomic mass is 35.5. The van der Waals surface area contributed by atoms with Crippen LogP contribution in [0.4, 0.5) is 0 Å². The first-order valence-electron chi connectivity index (χ1n) is 14.4. The molecule has 0 saturated carbocycles. The molecule has 0 amide bonds. The number of halogens is 2. The summed E-state index contributed by atoms with van der Waals surface area (Å²) in [5.74, 6) is -0.831. The largest absolute Gasteiger partial charge is 0.468 e. The number of nitro groups is 2. The molecular formula is C30H26Cl2N8O6. The Balaban J connectivity index is 1.46. The summed E-state index contributed by atoms with van der Waals surface area (Å²) in [5, 5.41) is 27.9. The zero-order valence-corrected chi connectivity index (χ0v) is 25.6. The molecule has 3 atom stereocenters. The molecule has 0 unspecified atom stereocenters. The third kappa shape index (κ3) is 4.84. The van der Waals surface area contributed by atoms with Gasteiger partial charge in [0.2, 0.25) is 0 Å². The molecular weight excluding hydrogens is 639 g/mol. The monoisotopic (exact) mass is 664 g/mol. The van der Waals surface area contributed by atoms with Gasteiger partial charge in [0.1, 0.15) is 21.8 Å². The van der Waals surface area contributed by atoms with E-state index in [2.05, 4.69) is 9.97 Å². The van der Waals surface area contributed by atoms with Gasteiger partial charge < -0.3 is 23.5 Å². The molecule has 0 N–H and O–H groups in total. The molecule has 0 aliphatic carbocycles. The number of nitrogens with zero attached hydrogens (tertiary/aromatic N) is 8. The molecule has 0 radical (unpaired) electrons. The van der Waals surface area contributed by atoms with Gasteiger partial charge in [-0.05, 0) is 47.5 Å². The van der Waals surface area contributed by atoms with Crippen LogP contribution in [-0.2, 0) is 13.1 Å². The van der Waals surface area contributed by atoms with Crippen molar-refractivity contribution in [3.63, 3.8) is 0 Å². The normalized spacial score (nSPS) is 22.7. The molecule has 1 saturated heterocycles. The predicted octanol–water partition coefficient (Wildman–Crippen LogP) is 5.00. The summed E-state index contributed by atoms with van der Waals surface area (Å²) in [6, 6.07) is 12.1. The molecule has 4 aromatic heterocycles. The van der Waals surface area contributed by atoms with E-state index in [1.807, 2.05) is 4.90 Å². The van der Waals surface area contributed by atoms with Crippen molar-refractivity contribution in [1.82, 2.24) is 24.7 Å². The number of aliphatic imine (C=N–C) groups is 1. The van der Waals surface area contributed by atoms with Crippen molar-refractivity contribution in [2.24, 2.45) is 4.99 Å². The summed E-state index contributed by atoms with van der Waals surface area (Å²) in [6.45, 7) is 1.66. The molecule has 236 valence electrons. The van der Waals surface area contributed by atoms with Gasteiger partial charge in [-0.15, -0.1) is 0 Å². The molecule has 7 rings (SSSR count). The van der Waals surface area contributed by atoms with Crippen molar-refractivity contribution in [2.75, 3.05) is 26.2 Å². The van der Waals surface area contributed by atoms with E-state index in [4.69, 9.17) is 37.0 Å². The van der Waals surface area contributed by atoms with Crippen molar-refractivity contribution < 1.29 is 18.7 Å². The van der Waals surface area contributed by atoms with E-state index in [0.717, 1.165) is 11.1 Å². The number of hydrogen-bond acceptors (Lipinski definition) is 12. The van der Waals surface area contributed by atoms with Crippen LogP contribution in [0.2, 0.25) is 10.3 Å². The number of furan rings is 2. The second kappa shape index (κ2) is 11.8. The highest BCUT2D eigenvalue weighted by Crippen LogP contribution is 2.56. The fraction of sp³-hybridized carbons (Fsp3) is 0.300. The van der Waals surface area contributed by atoms with Gasteiger partial charge in [-0.1, -0.05) is 35.3 Å². The van der Waals surface area contributed by atoms with Gasteiger partial charge in [0.05, 0.1) is 24.0 Å². The molecule has 14 nitrogen and oxygen atoms in total. The Morgan fingerprint density at radius 1 is 0.848 bits per heavy atom. The predicted molar refractivity (Wildman–Crippen MR) is 165 cm³/mol. The van der Waals surface area contributed by atoms with Crippen LogP contribution in [0.5, 0.6) is 0 Å². The minimum Gasteiger partial charge on any atom is -0.468 e. The van der Waals surface area contributed by atoms with Gasteiger partial charge >= 0.3 is 11.2 Å². The van der Waals surface area contributed by atoms with E-state index in [1.54, 1.807) is 64.7 Å². The van der Waals surface area contributed by atoms with Gasteiger partial charge in [0.15, 0.2) is 23.6 Å².